The highest BCUT2D eigenvalue weighted by molar-refractivity contribution is 6.33. The Balaban J connectivity index is 1.61. The lowest BCUT2D eigenvalue weighted by atomic mass is 9.94. The van der Waals surface area contributed by atoms with Gasteiger partial charge in [-0.2, -0.15) is 13.2 Å². The van der Waals surface area contributed by atoms with E-state index in [1.165, 1.54) is 32.4 Å². The number of hydrogen-bond acceptors (Lipinski definition) is 6. The van der Waals surface area contributed by atoms with Crippen LogP contribution in [0.5, 0.6) is 5.75 Å². The van der Waals surface area contributed by atoms with Crippen LogP contribution >= 0.6 is 11.6 Å². The molecule has 2 fully saturated rings. The van der Waals surface area contributed by atoms with Crippen molar-refractivity contribution in [1.82, 2.24) is 14.8 Å². The van der Waals surface area contributed by atoms with Gasteiger partial charge in [-0.25, -0.2) is 9.78 Å². The highest BCUT2D eigenvalue weighted by Gasteiger charge is 2.32. The number of esters is 1. The Morgan fingerprint density at radius 1 is 1.07 bits per heavy atom. The van der Waals surface area contributed by atoms with Crippen LogP contribution in [0, 0.1) is 0 Å². The Morgan fingerprint density at radius 3 is 2.46 bits per heavy atom. The summed E-state index contributed by atoms with van der Waals surface area (Å²) in [6, 6.07) is 8.85. The number of rotatable bonds is 7. The molecule has 0 atom stereocenters. The monoisotopic (exact) mass is 589 g/mol. The second-order valence-corrected chi connectivity index (χ2v) is 11.1. The molecule has 2 saturated heterocycles. The Hall–Kier alpha value is -2.88. The summed E-state index contributed by atoms with van der Waals surface area (Å²) < 4.78 is 52.0. The largest absolute Gasteiger partial charge is 0.492 e. The molecule has 3 aromatic rings. The summed E-state index contributed by atoms with van der Waals surface area (Å²) in [7, 11) is 1.29. The second kappa shape index (κ2) is 12.5. The molecule has 0 saturated carbocycles. The topological polar surface area (TPSA) is 54.9 Å². The summed E-state index contributed by atoms with van der Waals surface area (Å²) in [5.74, 6) is -0.212. The van der Waals surface area contributed by atoms with E-state index in [-0.39, 0.29) is 11.1 Å². The van der Waals surface area contributed by atoms with Gasteiger partial charge < -0.3 is 14.4 Å². The van der Waals surface area contributed by atoms with E-state index in [1.54, 1.807) is 18.2 Å². The number of methoxy groups -OCH3 is 1. The minimum atomic E-state index is -4.52. The number of nitrogens with zero attached hydrogens (tertiary/aromatic N) is 3. The summed E-state index contributed by atoms with van der Waals surface area (Å²) in [6.07, 6.45) is 1.23. The van der Waals surface area contributed by atoms with Gasteiger partial charge in [0.05, 0.1) is 41.1 Å². The molecule has 2 aromatic carbocycles. The normalized spacial score (nSPS) is 17.6. The van der Waals surface area contributed by atoms with Crippen LogP contribution in [0.25, 0.3) is 22.2 Å². The summed E-state index contributed by atoms with van der Waals surface area (Å²) >= 11 is 6.52. The molecule has 3 heterocycles. The molecular weight excluding hydrogens is 555 g/mol. The number of pyridine rings is 1. The number of piperidine rings is 2. The zero-order valence-corrected chi connectivity index (χ0v) is 24.2. The van der Waals surface area contributed by atoms with Crippen LogP contribution in [0.1, 0.15) is 60.5 Å². The minimum Gasteiger partial charge on any atom is -0.492 e. The maximum Gasteiger partial charge on any atom is 0.416 e. The van der Waals surface area contributed by atoms with Crippen molar-refractivity contribution in [3.8, 4) is 17.0 Å². The van der Waals surface area contributed by atoms with Crippen molar-refractivity contribution in [3.05, 3.63) is 58.1 Å². The summed E-state index contributed by atoms with van der Waals surface area (Å²) in [5, 5.41) is 0.783. The molecule has 220 valence electrons. The summed E-state index contributed by atoms with van der Waals surface area (Å²) in [6.45, 7) is 6.42. The molecule has 0 spiro atoms. The molecule has 41 heavy (non-hydrogen) atoms. The SMILES string of the molecule is CCOc1cc2nc(-c3cccc(C(F)(F)F)c3)c(CN3CCC(N4CCCCC4)CC3)c(C(=O)OC)c2cc1Cl. The van der Waals surface area contributed by atoms with Crippen molar-refractivity contribution in [2.45, 2.75) is 57.8 Å². The molecule has 0 radical (unpaired) electrons. The highest BCUT2D eigenvalue weighted by atomic mass is 35.5. The lowest BCUT2D eigenvalue weighted by molar-refractivity contribution is -0.137. The first kappa shape index (κ1) is 29.6. The molecule has 0 N–H and O–H groups in total. The fraction of sp³-hybridized carbons (Fsp3) is 0.484. The van der Waals surface area contributed by atoms with E-state index < -0.39 is 17.7 Å². The molecular formula is C31H35ClF3N3O3. The molecule has 5 rings (SSSR count). The van der Waals surface area contributed by atoms with Crippen molar-refractivity contribution < 1.29 is 27.4 Å². The van der Waals surface area contributed by atoms with Crippen molar-refractivity contribution in [3.63, 3.8) is 0 Å². The van der Waals surface area contributed by atoms with Gasteiger partial charge in [0.2, 0.25) is 0 Å². The van der Waals surface area contributed by atoms with Crippen LogP contribution in [0.3, 0.4) is 0 Å². The number of ether oxygens (including phenoxy) is 2. The maximum absolute atomic E-state index is 13.7. The number of carbonyl (C=O) groups is 1. The first-order valence-corrected chi connectivity index (χ1v) is 14.6. The fourth-order valence-corrected chi connectivity index (χ4v) is 6.31. The van der Waals surface area contributed by atoms with E-state index >= 15 is 0 Å². The van der Waals surface area contributed by atoms with Crippen molar-refractivity contribution >= 4 is 28.5 Å². The van der Waals surface area contributed by atoms with Crippen LogP contribution in [0.2, 0.25) is 5.02 Å². The van der Waals surface area contributed by atoms with Gasteiger partial charge in [-0.3, -0.25) is 4.90 Å². The Kier molecular flexibility index (Phi) is 9.06. The van der Waals surface area contributed by atoms with E-state index in [0.717, 1.165) is 51.2 Å². The van der Waals surface area contributed by atoms with Gasteiger partial charge in [-0.05, 0) is 77.0 Å². The van der Waals surface area contributed by atoms with E-state index in [4.69, 9.17) is 26.1 Å². The van der Waals surface area contributed by atoms with Gasteiger partial charge in [0.25, 0.3) is 0 Å². The molecule has 2 aliphatic rings. The molecule has 6 nitrogen and oxygen atoms in total. The van der Waals surface area contributed by atoms with Gasteiger partial charge in [-0.1, -0.05) is 30.2 Å². The molecule has 0 unspecified atom stereocenters. The quantitative estimate of drug-likeness (QED) is 0.272. The number of halogens is 4. The molecule has 0 amide bonds. The number of aromatic nitrogens is 1. The van der Waals surface area contributed by atoms with Crippen molar-refractivity contribution in [2.75, 3.05) is 39.9 Å². The van der Waals surface area contributed by atoms with Gasteiger partial charge in [0.1, 0.15) is 5.75 Å². The number of benzene rings is 2. The van der Waals surface area contributed by atoms with Crippen molar-refractivity contribution in [1.29, 1.82) is 0 Å². The Bertz CT molecular complexity index is 1400. The predicted octanol–water partition coefficient (Wildman–Crippen LogP) is 7.21. The number of likely N-dealkylation sites (tertiary alicyclic amines) is 2. The molecule has 1 aromatic heterocycles. The van der Waals surface area contributed by atoms with E-state index in [0.29, 0.717) is 52.1 Å². The Morgan fingerprint density at radius 2 is 1.80 bits per heavy atom. The smallest absolute Gasteiger partial charge is 0.416 e. The standard InChI is InChI=1S/C31H35ClF3N3O3/c1-3-41-27-18-26-23(17-25(27)32)28(30(39)40-2)24(29(36-26)20-8-7-9-21(16-20)31(33,34)35)19-37-14-10-22(11-15-37)38-12-5-4-6-13-38/h7-9,16-18,22H,3-6,10-15,19H2,1-2H3. The third kappa shape index (κ3) is 6.47. The number of fused-ring (bicyclic) bond motifs is 1. The van der Waals surface area contributed by atoms with Crippen LogP contribution in [-0.2, 0) is 17.5 Å². The average Bonchev–Trinajstić information content (AvgIpc) is 2.97. The lowest BCUT2D eigenvalue weighted by Crippen LogP contribution is -2.46. The third-order valence-electron chi connectivity index (χ3n) is 8.14. The number of carbonyl (C=O) groups excluding carboxylic acids is 1. The molecule has 0 aliphatic carbocycles. The molecule has 2 aliphatic heterocycles. The first-order chi connectivity index (χ1) is 19.7. The third-order valence-corrected chi connectivity index (χ3v) is 8.43. The van der Waals surface area contributed by atoms with Crippen LogP contribution in [0.4, 0.5) is 13.2 Å². The average molecular weight is 590 g/mol. The highest BCUT2D eigenvalue weighted by Crippen LogP contribution is 2.39. The summed E-state index contributed by atoms with van der Waals surface area (Å²) in [4.78, 5) is 23.0. The van der Waals surface area contributed by atoms with Gasteiger partial charge in [-0.15, -0.1) is 0 Å². The van der Waals surface area contributed by atoms with Crippen LogP contribution < -0.4 is 4.74 Å². The minimum absolute atomic E-state index is 0.257. The predicted molar refractivity (Wildman–Crippen MR) is 153 cm³/mol. The number of hydrogen-bond donors (Lipinski definition) is 0. The maximum atomic E-state index is 13.7. The van der Waals surface area contributed by atoms with Gasteiger partial charge in [0.15, 0.2) is 0 Å². The van der Waals surface area contributed by atoms with E-state index in [9.17, 15) is 18.0 Å². The Labute approximate surface area is 243 Å². The van der Waals surface area contributed by atoms with Gasteiger partial charge in [0, 0.05) is 35.2 Å². The summed E-state index contributed by atoms with van der Waals surface area (Å²) in [5.41, 5.74) is 0.979. The fourth-order valence-electron chi connectivity index (χ4n) is 6.09. The zero-order chi connectivity index (χ0) is 29.1. The first-order valence-electron chi connectivity index (χ1n) is 14.2. The lowest BCUT2D eigenvalue weighted by Gasteiger charge is -2.40. The van der Waals surface area contributed by atoms with E-state index in [2.05, 4.69) is 9.80 Å². The molecule has 0 bridgehead atoms. The number of alkyl halides is 3. The van der Waals surface area contributed by atoms with E-state index in [1.807, 2.05) is 6.92 Å². The second-order valence-electron chi connectivity index (χ2n) is 10.7. The van der Waals surface area contributed by atoms with Crippen molar-refractivity contribution in [2.24, 2.45) is 0 Å². The van der Waals surface area contributed by atoms with Crippen LogP contribution in [0.15, 0.2) is 36.4 Å². The molecule has 10 heteroatoms. The van der Waals surface area contributed by atoms with Crippen LogP contribution in [-0.4, -0.2) is 66.7 Å². The van der Waals surface area contributed by atoms with Gasteiger partial charge >= 0.3 is 12.1 Å². The zero-order valence-electron chi connectivity index (χ0n) is 23.4.